The van der Waals surface area contributed by atoms with Gasteiger partial charge in [-0.25, -0.2) is 0 Å². The summed E-state index contributed by atoms with van der Waals surface area (Å²) in [6.07, 6.45) is 3.87. The number of nitrogens with one attached hydrogen (secondary N) is 1. The van der Waals surface area contributed by atoms with Crippen LogP contribution in [0.5, 0.6) is 0 Å². The minimum absolute atomic E-state index is 0. The van der Waals surface area contributed by atoms with E-state index >= 15 is 0 Å². The van der Waals surface area contributed by atoms with Crippen molar-refractivity contribution in [2.45, 2.75) is 37.3 Å². The molecule has 3 rings (SSSR count). The third-order valence-corrected chi connectivity index (χ3v) is 4.18. The number of nitrogens with zero attached hydrogens (tertiary/aromatic N) is 2. The lowest BCUT2D eigenvalue weighted by atomic mass is 10.2. The van der Waals surface area contributed by atoms with Gasteiger partial charge in [-0.3, -0.25) is 14.5 Å². The summed E-state index contributed by atoms with van der Waals surface area (Å²) in [5, 5.41) is 2.99. The minimum Gasteiger partial charge on any atom is -0.352 e. The van der Waals surface area contributed by atoms with Crippen molar-refractivity contribution in [1.29, 1.82) is 0 Å². The Labute approximate surface area is 137 Å². The molecule has 0 aromatic rings. The van der Waals surface area contributed by atoms with Crippen LogP contribution < -0.4 is 11.1 Å². The van der Waals surface area contributed by atoms with Crippen molar-refractivity contribution in [3.05, 3.63) is 0 Å². The van der Waals surface area contributed by atoms with Crippen LogP contribution in [0.25, 0.3) is 0 Å². The summed E-state index contributed by atoms with van der Waals surface area (Å²) in [5.41, 5.74) is 5.37. The van der Waals surface area contributed by atoms with Crippen LogP contribution in [0.1, 0.15) is 25.7 Å². The second-order valence-electron chi connectivity index (χ2n) is 6.07. The van der Waals surface area contributed by atoms with E-state index in [0.29, 0.717) is 25.7 Å². The summed E-state index contributed by atoms with van der Waals surface area (Å²) < 4.78 is 0. The molecule has 3 N–H and O–H groups in total. The highest BCUT2D eigenvalue weighted by molar-refractivity contribution is 5.89. The summed E-state index contributed by atoms with van der Waals surface area (Å²) in [7, 11) is 0. The summed E-state index contributed by atoms with van der Waals surface area (Å²) in [6.45, 7) is 3.36. The van der Waals surface area contributed by atoms with Crippen LogP contribution in [0.2, 0.25) is 0 Å². The molecule has 21 heavy (non-hydrogen) atoms. The Morgan fingerprint density at radius 1 is 1.10 bits per heavy atom. The third-order valence-electron chi connectivity index (χ3n) is 4.18. The monoisotopic (exact) mass is 338 g/mol. The van der Waals surface area contributed by atoms with Gasteiger partial charge in [0.25, 0.3) is 0 Å². The molecule has 8 heteroatoms. The van der Waals surface area contributed by atoms with Crippen LogP contribution in [0.3, 0.4) is 0 Å². The number of hydrogen-bond donors (Lipinski definition) is 2. The molecule has 0 radical (unpaired) electrons. The molecule has 3 fully saturated rings. The predicted octanol–water partition coefficient (Wildman–Crippen LogP) is -0.256. The summed E-state index contributed by atoms with van der Waals surface area (Å²) >= 11 is 0. The van der Waals surface area contributed by atoms with Gasteiger partial charge in [0.1, 0.15) is 0 Å². The standard InChI is InChI=1S/C13H22N4O2.2ClH/c14-13(3-4-13)12(19)17-7-5-16(6-8-17)9-11(18)15-10-1-2-10;;/h10H,1-9,14H2,(H,15,18);2*1H. The first-order chi connectivity index (χ1) is 9.07. The van der Waals surface area contributed by atoms with Crippen molar-refractivity contribution in [2.75, 3.05) is 32.7 Å². The fourth-order valence-electron chi connectivity index (χ4n) is 2.48. The SMILES string of the molecule is Cl.Cl.NC1(C(=O)N2CCN(CC(=O)NC3CC3)CC2)CC1. The van der Waals surface area contributed by atoms with Crippen molar-refractivity contribution in [2.24, 2.45) is 5.73 Å². The molecular weight excluding hydrogens is 315 g/mol. The second-order valence-corrected chi connectivity index (χ2v) is 6.07. The molecule has 0 spiro atoms. The van der Waals surface area contributed by atoms with Crippen LogP contribution in [-0.2, 0) is 9.59 Å². The van der Waals surface area contributed by atoms with Crippen molar-refractivity contribution >= 4 is 36.6 Å². The van der Waals surface area contributed by atoms with Crippen molar-refractivity contribution < 1.29 is 9.59 Å². The van der Waals surface area contributed by atoms with Gasteiger partial charge in [-0.15, -0.1) is 24.8 Å². The zero-order valence-electron chi connectivity index (χ0n) is 12.0. The van der Waals surface area contributed by atoms with Gasteiger partial charge in [0.15, 0.2) is 0 Å². The number of carbonyl (C=O) groups excluding carboxylic acids is 2. The lowest BCUT2D eigenvalue weighted by Crippen LogP contribution is -2.55. The molecule has 0 unspecified atom stereocenters. The van der Waals surface area contributed by atoms with Gasteiger partial charge < -0.3 is 16.0 Å². The van der Waals surface area contributed by atoms with Gasteiger partial charge in [-0.1, -0.05) is 0 Å². The van der Waals surface area contributed by atoms with E-state index in [-0.39, 0.29) is 36.6 Å². The zero-order chi connectivity index (χ0) is 13.5. The first-order valence-corrected chi connectivity index (χ1v) is 7.17. The smallest absolute Gasteiger partial charge is 0.242 e. The first kappa shape index (κ1) is 18.5. The quantitative estimate of drug-likeness (QED) is 0.740. The molecule has 6 nitrogen and oxygen atoms in total. The Balaban J connectivity index is 0.00000110. The van der Waals surface area contributed by atoms with Gasteiger partial charge in [-0.2, -0.15) is 0 Å². The Bertz CT molecular complexity index is 392. The molecule has 2 amide bonds. The molecule has 1 saturated heterocycles. The Morgan fingerprint density at radius 3 is 2.14 bits per heavy atom. The average Bonchev–Trinajstić information content (AvgIpc) is 3.29. The molecule has 2 saturated carbocycles. The highest BCUT2D eigenvalue weighted by atomic mass is 35.5. The predicted molar refractivity (Wildman–Crippen MR) is 84.8 cm³/mol. The fraction of sp³-hybridized carbons (Fsp3) is 0.846. The lowest BCUT2D eigenvalue weighted by Gasteiger charge is -2.35. The summed E-state index contributed by atoms with van der Waals surface area (Å²) in [5.74, 6) is 0.203. The molecule has 0 bridgehead atoms. The number of piperazine rings is 1. The van der Waals surface area contributed by atoms with E-state index in [4.69, 9.17) is 5.73 Å². The largest absolute Gasteiger partial charge is 0.352 e. The maximum Gasteiger partial charge on any atom is 0.242 e. The average molecular weight is 339 g/mol. The van der Waals surface area contributed by atoms with E-state index in [9.17, 15) is 9.59 Å². The van der Waals surface area contributed by atoms with Crippen molar-refractivity contribution in [1.82, 2.24) is 15.1 Å². The van der Waals surface area contributed by atoms with E-state index in [1.165, 1.54) is 0 Å². The highest BCUT2D eigenvalue weighted by Crippen LogP contribution is 2.34. The Hall–Kier alpha value is -0.560. The molecule has 2 aliphatic carbocycles. The minimum atomic E-state index is -0.564. The number of carbonyl (C=O) groups is 2. The van der Waals surface area contributed by atoms with Crippen LogP contribution in [0.4, 0.5) is 0 Å². The lowest BCUT2D eigenvalue weighted by molar-refractivity contribution is -0.135. The molecule has 1 heterocycles. The molecule has 1 aliphatic heterocycles. The maximum absolute atomic E-state index is 12.1. The first-order valence-electron chi connectivity index (χ1n) is 7.17. The Kier molecular flexibility index (Phi) is 6.28. The third kappa shape index (κ3) is 4.71. The van der Waals surface area contributed by atoms with E-state index in [0.717, 1.165) is 38.8 Å². The number of amides is 2. The highest BCUT2D eigenvalue weighted by Gasteiger charge is 2.48. The second kappa shape index (κ2) is 7.13. The normalized spacial score (nSPS) is 23.6. The van der Waals surface area contributed by atoms with E-state index < -0.39 is 5.54 Å². The van der Waals surface area contributed by atoms with E-state index in [1.807, 2.05) is 4.90 Å². The molecule has 3 aliphatic rings. The number of rotatable bonds is 4. The van der Waals surface area contributed by atoms with Gasteiger partial charge in [0, 0.05) is 32.2 Å². The van der Waals surface area contributed by atoms with Gasteiger partial charge >= 0.3 is 0 Å². The number of nitrogens with two attached hydrogens (primary N) is 1. The van der Waals surface area contributed by atoms with Crippen molar-refractivity contribution in [3.8, 4) is 0 Å². The van der Waals surface area contributed by atoms with E-state index in [1.54, 1.807) is 0 Å². The van der Waals surface area contributed by atoms with E-state index in [2.05, 4.69) is 10.2 Å². The van der Waals surface area contributed by atoms with Crippen LogP contribution in [-0.4, -0.2) is 65.9 Å². The molecule has 0 aromatic heterocycles. The van der Waals surface area contributed by atoms with Crippen LogP contribution >= 0.6 is 24.8 Å². The molecular formula is C13H24Cl2N4O2. The number of hydrogen-bond acceptors (Lipinski definition) is 4. The molecule has 122 valence electrons. The van der Waals surface area contributed by atoms with Gasteiger partial charge in [0.2, 0.25) is 11.8 Å². The zero-order valence-corrected chi connectivity index (χ0v) is 13.7. The Morgan fingerprint density at radius 2 is 1.67 bits per heavy atom. The van der Waals surface area contributed by atoms with Crippen molar-refractivity contribution in [3.63, 3.8) is 0 Å². The van der Waals surface area contributed by atoms with Gasteiger partial charge in [0.05, 0.1) is 12.1 Å². The maximum atomic E-state index is 12.1. The topological polar surface area (TPSA) is 78.7 Å². The number of halogens is 2. The van der Waals surface area contributed by atoms with Gasteiger partial charge in [-0.05, 0) is 25.7 Å². The molecule has 0 aromatic carbocycles. The summed E-state index contributed by atoms with van der Waals surface area (Å²) in [4.78, 5) is 27.7. The molecule has 0 atom stereocenters. The summed E-state index contributed by atoms with van der Waals surface area (Å²) in [6, 6.07) is 0.419. The van der Waals surface area contributed by atoms with Crippen LogP contribution in [0, 0.1) is 0 Å². The van der Waals surface area contributed by atoms with Crippen LogP contribution in [0.15, 0.2) is 0 Å². The fourth-order valence-corrected chi connectivity index (χ4v) is 2.48.